The van der Waals surface area contributed by atoms with Crippen LogP contribution < -0.4 is 10.6 Å². The number of thioether (sulfide) groups is 2. The van der Waals surface area contributed by atoms with Gasteiger partial charge in [0.1, 0.15) is 31.2 Å². The molecule has 3 fully saturated rings. The summed E-state index contributed by atoms with van der Waals surface area (Å²) in [5, 5.41) is 141. The molecule has 5 atom stereocenters. The highest BCUT2D eigenvalue weighted by Crippen LogP contribution is 2.46. The van der Waals surface area contributed by atoms with E-state index in [2.05, 4.69) is 33.3 Å². The molecular formula is C83H120N2O39S6. The topological polar surface area (TPSA) is 709 Å². The van der Waals surface area contributed by atoms with Crippen molar-refractivity contribution in [2.75, 3.05) is 46.0 Å². The van der Waals surface area contributed by atoms with Gasteiger partial charge >= 0.3 is 114 Å². The summed E-state index contributed by atoms with van der Waals surface area (Å²) in [6.45, 7) is 6.62. The standard InChI is InChI=1S/C22H24N2O8S2.C22H42O4.C9H16O3S2.C7H8O6.C6H6O6.C6H10O4S2.C6H8O4.C5H6O4/c25-19(26)17(23-21(29)31-11-15-7-3-1-4-8-15)13-33-34-14-18(20(27)28)24-22(30)32-12-16-9-5-2-6-10-16;23-21(24)19-17-15-13-11-9-7-5-3-1-2-4-6-8-10-12-14-16-18-20-22(25)26;1-8(10)4-2-6-13-14-7-3-5-9(11)12;8-4(9)3-7(6(11)12)2-1-5(10)13-7;7-3-1-2(5(8)9)4(12-3)6(10)11;7-5(8)3-11-1-2-12-4-6(9)10;1-2-3-4(5(7)8)6(9)10;6-3(7)5(1-2-5)4(8)9/h1-10,17-18H,11-14H2,(H,23,29)(H,24,30)(H,25,26)(H,27,28);1-20H2,(H,23,24)(H,25,26);10H,1-7H2,(H,11,12);1-3H2,(H,8,9)(H,11,12);2,4H,1H2,(H,8,9)(H,10,11);1-4H2,(H,7,8)(H,9,10);2,4H,1,3H2,(H,7,8)(H,9,10);1-2H2,(H,6,7)(H,8,9)/t17-,18-;;;;;;;/m0......./s1. The lowest BCUT2D eigenvalue weighted by atomic mass is 9.96. The number of carbonyl (C=O) groups excluding carboxylic acids is 4. The summed E-state index contributed by atoms with van der Waals surface area (Å²) in [4.78, 5) is 201. The third-order valence-electron chi connectivity index (χ3n) is 17.4. The van der Waals surface area contributed by atoms with Crippen LogP contribution in [0.25, 0.3) is 0 Å². The Morgan fingerprint density at radius 1 is 0.423 bits per heavy atom. The lowest BCUT2D eigenvalue weighted by molar-refractivity contribution is -0.173. The summed E-state index contributed by atoms with van der Waals surface area (Å²) in [7, 11) is 5.49. The number of nitrogens with one attached hydrogen (secondary N) is 2. The van der Waals surface area contributed by atoms with E-state index >= 15 is 0 Å². The highest BCUT2D eigenvalue weighted by molar-refractivity contribution is 8.77. The Kier molecular flexibility index (Phi) is 72.3. The van der Waals surface area contributed by atoms with Crippen LogP contribution >= 0.6 is 66.7 Å². The van der Waals surface area contributed by atoms with Gasteiger partial charge in [-0.1, -0.05) is 219 Å². The van der Waals surface area contributed by atoms with E-state index in [4.69, 9.17) is 81.0 Å². The number of cyclic esters (lactones) is 2. The van der Waals surface area contributed by atoms with Gasteiger partial charge in [-0.3, -0.25) is 62.3 Å². The molecule has 2 amide bonds. The van der Waals surface area contributed by atoms with E-state index < -0.39 is 161 Å². The Balaban J connectivity index is -0.00000149. The van der Waals surface area contributed by atoms with Crippen molar-refractivity contribution >= 4 is 180 Å². The fraction of sp³-hybridized carbons (Fsp3) is 0.578. The van der Waals surface area contributed by atoms with Gasteiger partial charge in [-0.05, 0) is 56.1 Å². The lowest BCUT2D eigenvalue weighted by Gasteiger charge is -2.19. The number of unbranched alkanes of at least 4 members (excludes halogenated alkanes) is 17. The average molecular weight is 1960 g/mol. The number of esters is 2. The smallest absolute Gasteiger partial charge is 0.408 e. The van der Waals surface area contributed by atoms with Gasteiger partial charge in [-0.15, -0.1) is 30.1 Å². The number of carboxylic acid groups (broad SMARTS) is 15. The summed E-state index contributed by atoms with van der Waals surface area (Å²) in [5.41, 5.74) is -1.75. The fourth-order valence-electron chi connectivity index (χ4n) is 10.3. The number of benzene rings is 2. The number of aliphatic hydroxyl groups excluding tert-OH is 1. The molecule has 130 heavy (non-hydrogen) atoms. The first kappa shape index (κ1) is 123. The molecule has 0 bridgehead atoms. The molecule has 0 radical (unpaired) electrons. The number of aliphatic carboxylic acids is 15. The molecule has 2 heterocycles. The van der Waals surface area contributed by atoms with Crippen molar-refractivity contribution in [1.82, 2.24) is 10.6 Å². The number of alkyl carbamates (subject to hydrolysis) is 2. The lowest BCUT2D eigenvalue weighted by Crippen LogP contribution is -2.43. The summed E-state index contributed by atoms with van der Waals surface area (Å²) in [6.07, 6.45) is 22.7. The summed E-state index contributed by atoms with van der Waals surface area (Å²) in [6, 6.07) is 15.3. The first-order valence-electron chi connectivity index (χ1n) is 40.8. The normalized spacial score (nSPS) is 14.8. The van der Waals surface area contributed by atoms with E-state index in [1.165, 1.54) is 119 Å². The summed E-state index contributed by atoms with van der Waals surface area (Å²) >= 11 is 2.60. The molecule has 732 valence electrons. The van der Waals surface area contributed by atoms with Crippen molar-refractivity contribution in [2.45, 2.75) is 236 Å². The molecule has 0 aromatic heterocycles. The van der Waals surface area contributed by atoms with Crippen LogP contribution in [0, 0.1) is 17.3 Å². The van der Waals surface area contributed by atoms with E-state index in [-0.39, 0.29) is 86.9 Å². The van der Waals surface area contributed by atoms with Gasteiger partial charge in [-0.2, -0.15) is 0 Å². The second kappa shape index (κ2) is 76.1. The first-order valence-corrected chi connectivity index (χ1v) is 48.0. The molecule has 1 aliphatic carbocycles. The fourth-order valence-corrected chi connectivity index (χ4v) is 16.3. The van der Waals surface area contributed by atoms with Crippen molar-refractivity contribution in [1.29, 1.82) is 0 Å². The van der Waals surface area contributed by atoms with E-state index in [1.807, 2.05) is 12.1 Å². The number of allylic oxidation sites excluding steroid dienone is 2. The molecule has 2 aliphatic heterocycles. The Bertz CT molecular complexity index is 3620. The van der Waals surface area contributed by atoms with Crippen molar-refractivity contribution in [3.63, 3.8) is 0 Å². The first-order chi connectivity index (χ1) is 61.4. The maximum Gasteiger partial charge on any atom is 0.408 e. The number of hydrogen-bond donors (Lipinski definition) is 18. The SMILES string of the molecule is C=C(O)CCCSSCCCC(=O)O.C=CCC(C(=O)O)C(=O)O.O=C(N[C@@H](CSSC[C@H](NC(=O)OCc1ccccc1)C(=O)O)C(=O)O)OCc1ccccc1.O=C(O)C1(C(=O)O)CC1.O=C(O)CC1(C(=O)O)CCC(=O)O1.O=C(O)CCCCCCCCCCCCCCCCCCCCC(=O)O.O=C(O)CSCCSCC(=O)O.O=C1CC(C(=O)O)C(C(=O)O)O1. The Morgan fingerprint density at radius 2 is 0.785 bits per heavy atom. The number of aliphatic hydroxyl groups is 1. The van der Waals surface area contributed by atoms with Crippen molar-refractivity contribution in [2.24, 2.45) is 17.3 Å². The molecule has 2 aromatic rings. The van der Waals surface area contributed by atoms with Crippen LogP contribution in [0.1, 0.15) is 210 Å². The number of carbonyl (C=O) groups is 19. The molecule has 0 spiro atoms. The molecule has 47 heteroatoms. The van der Waals surface area contributed by atoms with Crippen LogP contribution in [0.2, 0.25) is 0 Å². The van der Waals surface area contributed by atoms with Gasteiger partial charge in [0, 0.05) is 73.0 Å². The largest absolute Gasteiger partial charge is 0.513 e. The van der Waals surface area contributed by atoms with Crippen LogP contribution in [0.4, 0.5) is 9.59 Å². The number of amides is 2. The van der Waals surface area contributed by atoms with Crippen LogP contribution in [0.15, 0.2) is 85.7 Å². The number of carboxylic acids is 15. The van der Waals surface area contributed by atoms with Gasteiger partial charge in [0.25, 0.3) is 0 Å². The van der Waals surface area contributed by atoms with E-state index in [0.717, 1.165) is 82.7 Å². The minimum atomic E-state index is -1.84. The summed E-state index contributed by atoms with van der Waals surface area (Å²) < 4.78 is 18.8. The molecule has 41 nitrogen and oxygen atoms in total. The van der Waals surface area contributed by atoms with Crippen molar-refractivity contribution < 1.29 is 192 Å². The van der Waals surface area contributed by atoms with Gasteiger partial charge in [0.15, 0.2) is 11.3 Å². The number of rotatable bonds is 61. The monoisotopic (exact) mass is 1960 g/mol. The molecule has 3 unspecified atom stereocenters. The van der Waals surface area contributed by atoms with E-state index in [0.29, 0.717) is 30.8 Å². The summed E-state index contributed by atoms with van der Waals surface area (Å²) in [5.74, 6) is -17.3. The quantitative estimate of drug-likeness (QED) is 0.00556. The van der Waals surface area contributed by atoms with E-state index in [9.17, 15) is 101 Å². The Hall–Kier alpha value is -10.6. The van der Waals surface area contributed by atoms with Crippen LogP contribution in [-0.2, 0) is 114 Å². The minimum absolute atomic E-state index is 0.00671. The zero-order chi connectivity index (χ0) is 98.8. The predicted molar refractivity (Wildman–Crippen MR) is 479 cm³/mol. The van der Waals surface area contributed by atoms with Gasteiger partial charge in [-0.25, -0.2) is 28.8 Å². The molecule has 18 N–H and O–H groups in total. The van der Waals surface area contributed by atoms with Gasteiger partial charge in [0.2, 0.25) is 11.7 Å². The molecule has 5 rings (SSSR count). The predicted octanol–water partition coefficient (Wildman–Crippen LogP) is 12.8. The van der Waals surface area contributed by atoms with Crippen LogP contribution in [0.5, 0.6) is 0 Å². The Morgan fingerprint density at radius 3 is 1.04 bits per heavy atom. The molecule has 2 saturated heterocycles. The average Bonchev–Trinajstić information content (AvgIpc) is 1.62. The molecule has 1 saturated carbocycles. The highest BCUT2D eigenvalue weighted by Gasteiger charge is 2.57. The third-order valence-corrected chi connectivity index (χ3v) is 24.6. The minimum Gasteiger partial charge on any atom is -0.513 e. The highest BCUT2D eigenvalue weighted by atomic mass is 33.1. The molecule has 2 aromatic carbocycles. The van der Waals surface area contributed by atoms with Crippen LogP contribution in [0.3, 0.4) is 0 Å². The molecular weight excluding hydrogens is 1840 g/mol. The van der Waals surface area contributed by atoms with Crippen molar-refractivity contribution in [3.8, 4) is 0 Å². The third kappa shape index (κ3) is 69.4. The Labute approximate surface area is 774 Å². The zero-order valence-electron chi connectivity index (χ0n) is 71.6. The maximum atomic E-state index is 11.9. The number of hydrogen-bond acceptors (Lipinski definition) is 30. The molecule has 3 aliphatic rings. The second-order valence-electron chi connectivity index (χ2n) is 28.3. The van der Waals surface area contributed by atoms with Crippen LogP contribution in [-0.4, -0.2) is 265 Å². The zero-order valence-corrected chi connectivity index (χ0v) is 76.5. The van der Waals surface area contributed by atoms with Gasteiger partial charge < -0.3 is 111 Å². The number of ether oxygens (including phenoxy) is 4. The maximum absolute atomic E-state index is 11.9. The van der Waals surface area contributed by atoms with Crippen molar-refractivity contribution in [3.05, 3.63) is 96.8 Å². The van der Waals surface area contributed by atoms with E-state index in [1.54, 1.807) is 70.1 Å². The second-order valence-corrected chi connectivity index (χ2v) is 35.8. The van der Waals surface area contributed by atoms with Gasteiger partial charge in [0.05, 0.1) is 30.1 Å².